The van der Waals surface area contributed by atoms with Crippen molar-refractivity contribution < 1.29 is 8.78 Å². The van der Waals surface area contributed by atoms with Crippen LogP contribution >= 0.6 is 0 Å². The van der Waals surface area contributed by atoms with Crippen LogP contribution in [0.3, 0.4) is 0 Å². The summed E-state index contributed by atoms with van der Waals surface area (Å²) >= 11 is 0. The average molecular weight is 328 g/mol. The Labute approximate surface area is 144 Å². The molecule has 0 aliphatic rings. The van der Waals surface area contributed by atoms with Gasteiger partial charge in [0.15, 0.2) is 0 Å². The Morgan fingerprint density at radius 1 is 1.08 bits per heavy atom. The number of benzene rings is 2. The van der Waals surface area contributed by atoms with Gasteiger partial charge in [0.25, 0.3) is 5.92 Å². The van der Waals surface area contributed by atoms with Crippen LogP contribution < -0.4 is 0 Å². The SMILES string of the molecule is C/C=C\c1cc(C(CC)C(C)(F)F)ccc1Cc1ccc(C)cc1. The fourth-order valence-corrected chi connectivity index (χ4v) is 3.14. The van der Waals surface area contributed by atoms with E-state index in [0.717, 1.165) is 24.5 Å². The van der Waals surface area contributed by atoms with Crippen molar-refractivity contribution in [3.8, 4) is 0 Å². The van der Waals surface area contributed by atoms with Gasteiger partial charge in [0.1, 0.15) is 0 Å². The molecule has 0 heterocycles. The van der Waals surface area contributed by atoms with Gasteiger partial charge in [-0.2, -0.15) is 0 Å². The molecule has 0 nitrogen and oxygen atoms in total. The smallest absolute Gasteiger partial charge is 0.207 e. The van der Waals surface area contributed by atoms with E-state index in [1.807, 2.05) is 44.2 Å². The Kier molecular flexibility index (Phi) is 5.93. The molecule has 0 N–H and O–H groups in total. The number of allylic oxidation sites excluding steroid dienone is 1. The molecule has 0 fully saturated rings. The van der Waals surface area contributed by atoms with Crippen molar-refractivity contribution in [2.24, 2.45) is 0 Å². The molecule has 0 amide bonds. The zero-order valence-corrected chi connectivity index (χ0v) is 14.9. The summed E-state index contributed by atoms with van der Waals surface area (Å²) in [7, 11) is 0. The molecule has 0 saturated heterocycles. The van der Waals surface area contributed by atoms with Gasteiger partial charge in [-0.3, -0.25) is 0 Å². The van der Waals surface area contributed by atoms with Crippen molar-refractivity contribution in [2.75, 3.05) is 0 Å². The van der Waals surface area contributed by atoms with Crippen LogP contribution in [0.4, 0.5) is 8.78 Å². The molecule has 2 rings (SSSR count). The maximum absolute atomic E-state index is 13.9. The molecule has 2 heteroatoms. The van der Waals surface area contributed by atoms with Gasteiger partial charge in [-0.25, -0.2) is 8.78 Å². The van der Waals surface area contributed by atoms with Gasteiger partial charge in [-0.15, -0.1) is 0 Å². The highest BCUT2D eigenvalue weighted by Crippen LogP contribution is 2.36. The lowest BCUT2D eigenvalue weighted by Gasteiger charge is -2.23. The summed E-state index contributed by atoms with van der Waals surface area (Å²) in [4.78, 5) is 0. The standard InChI is InChI=1S/C22H26F2/c1-5-7-18-15-20(21(6-2)22(4,23)24)13-12-19(18)14-17-10-8-16(3)9-11-17/h5,7-13,15,21H,6,14H2,1-4H3/b7-5-. The molecule has 0 aliphatic carbocycles. The van der Waals surface area contributed by atoms with Crippen LogP contribution in [0, 0.1) is 6.92 Å². The van der Waals surface area contributed by atoms with Crippen LogP contribution in [0.2, 0.25) is 0 Å². The lowest BCUT2D eigenvalue weighted by atomic mass is 9.87. The molecule has 24 heavy (non-hydrogen) atoms. The summed E-state index contributed by atoms with van der Waals surface area (Å²) < 4.78 is 27.7. The van der Waals surface area contributed by atoms with E-state index in [0.29, 0.717) is 12.0 Å². The fourth-order valence-electron chi connectivity index (χ4n) is 3.14. The summed E-state index contributed by atoms with van der Waals surface area (Å²) in [5.74, 6) is -3.45. The Balaban J connectivity index is 2.37. The minimum Gasteiger partial charge on any atom is -0.207 e. The third kappa shape index (κ3) is 4.53. The Morgan fingerprint density at radius 2 is 1.75 bits per heavy atom. The molecule has 1 atom stereocenters. The minimum absolute atomic E-state index is 0.427. The molecule has 0 radical (unpaired) electrons. The second-order valence-corrected chi connectivity index (χ2v) is 6.54. The monoisotopic (exact) mass is 328 g/mol. The van der Waals surface area contributed by atoms with Crippen LogP contribution in [0.1, 0.15) is 60.9 Å². The maximum atomic E-state index is 13.9. The predicted octanol–water partition coefficient (Wildman–Crippen LogP) is 6.77. The first-order chi connectivity index (χ1) is 11.3. The number of rotatable bonds is 6. The molecule has 128 valence electrons. The van der Waals surface area contributed by atoms with Gasteiger partial charge in [0.05, 0.1) is 0 Å². The van der Waals surface area contributed by atoms with Crippen LogP contribution in [0.5, 0.6) is 0 Å². The van der Waals surface area contributed by atoms with E-state index >= 15 is 0 Å². The average Bonchev–Trinajstić information content (AvgIpc) is 2.51. The van der Waals surface area contributed by atoms with Gasteiger partial charge < -0.3 is 0 Å². The van der Waals surface area contributed by atoms with E-state index < -0.39 is 11.8 Å². The Morgan fingerprint density at radius 3 is 2.29 bits per heavy atom. The van der Waals surface area contributed by atoms with Gasteiger partial charge >= 0.3 is 0 Å². The fraction of sp³-hybridized carbons (Fsp3) is 0.364. The highest BCUT2D eigenvalue weighted by Gasteiger charge is 2.33. The van der Waals surface area contributed by atoms with E-state index in [2.05, 4.69) is 31.2 Å². The number of aryl methyl sites for hydroxylation is 1. The number of halogens is 2. The van der Waals surface area contributed by atoms with Crippen molar-refractivity contribution in [2.45, 2.75) is 52.4 Å². The van der Waals surface area contributed by atoms with Crippen LogP contribution in [-0.2, 0) is 6.42 Å². The van der Waals surface area contributed by atoms with E-state index in [1.54, 1.807) is 0 Å². The summed E-state index contributed by atoms with van der Waals surface area (Å²) in [6.45, 7) is 6.85. The third-order valence-electron chi connectivity index (χ3n) is 4.45. The topological polar surface area (TPSA) is 0 Å². The highest BCUT2D eigenvalue weighted by atomic mass is 19.3. The molecular formula is C22H26F2. The van der Waals surface area contributed by atoms with Gasteiger partial charge in [0.2, 0.25) is 0 Å². The van der Waals surface area contributed by atoms with E-state index in [4.69, 9.17) is 0 Å². The van der Waals surface area contributed by atoms with E-state index in [9.17, 15) is 8.78 Å². The summed E-state index contributed by atoms with van der Waals surface area (Å²) in [6, 6.07) is 14.2. The highest BCUT2D eigenvalue weighted by molar-refractivity contribution is 5.56. The molecule has 2 aromatic carbocycles. The van der Waals surface area contributed by atoms with E-state index in [-0.39, 0.29) is 0 Å². The Bertz CT molecular complexity index is 691. The van der Waals surface area contributed by atoms with E-state index in [1.165, 1.54) is 11.1 Å². The zero-order chi connectivity index (χ0) is 17.7. The second-order valence-electron chi connectivity index (χ2n) is 6.54. The molecule has 0 bridgehead atoms. The zero-order valence-electron chi connectivity index (χ0n) is 14.9. The van der Waals surface area contributed by atoms with Gasteiger partial charge in [-0.1, -0.05) is 67.1 Å². The van der Waals surface area contributed by atoms with Crippen LogP contribution in [0.25, 0.3) is 6.08 Å². The quantitative estimate of drug-likeness (QED) is 0.549. The first-order valence-electron chi connectivity index (χ1n) is 8.54. The van der Waals surface area contributed by atoms with Crippen LogP contribution in [-0.4, -0.2) is 5.92 Å². The molecule has 0 aromatic heterocycles. The lowest BCUT2D eigenvalue weighted by molar-refractivity contribution is -0.00925. The summed E-state index contributed by atoms with van der Waals surface area (Å²) in [5, 5.41) is 0. The molecule has 2 aromatic rings. The van der Waals surface area contributed by atoms with Crippen molar-refractivity contribution in [3.63, 3.8) is 0 Å². The number of hydrogen-bond donors (Lipinski definition) is 0. The second kappa shape index (κ2) is 7.74. The molecule has 1 unspecified atom stereocenters. The first kappa shape index (κ1) is 18.4. The largest absolute Gasteiger partial charge is 0.252 e. The molecule has 0 saturated carbocycles. The predicted molar refractivity (Wildman–Crippen MR) is 98.8 cm³/mol. The molecule has 0 spiro atoms. The number of alkyl halides is 2. The van der Waals surface area contributed by atoms with Crippen molar-refractivity contribution >= 4 is 6.08 Å². The number of hydrogen-bond acceptors (Lipinski definition) is 0. The lowest BCUT2D eigenvalue weighted by Crippen LogP contribution is -2.21. The van der Waals surface area contributed by atoms with Crippen molar-refractivity contribution in [3.05, 3.63) is 76.4 Å². The van der Waals surface area contributed by atoms with Crippen molar-refractivity contribution in [1.82, 2.24) is 0 Å². The molecule has 0 aliphatic heterocycles. The van der Waals surface area contributed by atoms with Gasteiger partial charge in [-0.05, 0) is 55.9 Å². The van der Waals surface area contributed by atoms with Crippen molar-refractivity contribution in [1.29, 1.82) is 0 Å². The summed E-state index contributed by atoms with van der Waals surface area (Å²) in [6.07, 6.45) is 5.20. The Hall–Kier alpha value is -1.96. The first-order valence-corrected chi connectivity index (χ1v) is 8.54. The summed E-state index contributed by atoms with van der Waals surface area (Å²) in [5.41, 5.74) is 5.37. The normalized spacial score (nSPS) is 13.4. The maximum Gasteiger partial charge on any atom is 0.252 e. The minimum atomic E-state index is -2.71. The van der Waals surface area contributed by atoms with Gasteiger partial charge in [0, 0.05) is 5.92 Å². The van der Waals surface area contributed by atoms with Crippen LogP contribution in [0.15, 0.2) is 48.5 Å². The molecular weight excluding hydrogens is 302 g/mol. The third-order valence-corrected chi connectivity index (χ3v) is 4.45.